The Labute approximate surface area is 199 Å². The van der Waals surface area contributed by atoms with E-state index in [1.165, 1.54) is 11.1 Å². The zero-order valence-corrected chi connectivity index (χ0v) is 20.5. The SMILES string of the molecule is COc1cc2c(cc1OC)CN(Cc1ccc(OC)c3oc(C(=O)NCC(C)(C)N)cc13)CC2. The Morgan fingerprint density at radius 1 is 1.06 bits per heavy atom. The summed E-state index contributed by atoms with van der Waals surface area (Å²) in [5.41, 5.74) is 9.63. The van der Waals surface area contributed by atoms with Gasteiger partial charge in [-0.3, -0.25) is 9.69 Å². The van der Waals surface area contributed by atoms with Crippen LogP contribution in [0.4, 0.5) is 0 Å². The minimum atomic E-state index is -0.512. The highest BCUT2D eigenvalue weighted by Gasteiger charge is 2.23. The van der Waals surface area contributed by atoms with Crippen molar-refractivity contribution in [1.82, 2.24) is 10.2 Å². The first-order chi connectivity index (χ1) is 16.2. The van der Waals surface area contributed by atoms with Gasteiger partial charge in [-0.25, -0.2) is 0 Å². The summed E-state index contributed by atoms with van der Waals surface area (Å²) in [6.45, 7) is 6.47. The maximum Gasteiger partial charge on any atom is 0.287 e. The molecule has 8 nitrogen and oxygen atoms in total. The van der Waals surface area contributed by atoms with E-state index in [2.05, 4.69) is 22.3 Å². The Kier molecular flexibility index (Phi) is 6.72. The van der Waals surface area contributed by atoms with E-state index in [0.29, 0.717) is 24.4 Å². The Hall–Kier alpha value is -3.23. The third kappa shape index (κ3) is 4.98. The molecular formula is C26H33N3O5. The zero-order chi connectivity index (χ0) is 24.5. The molecule has 0 bridgehead atoms. The number of nitrogens with two attached hydrogens (primary N) is 1. The van der Waals surface area contributed by atoms with Crippen LogP contribution in [0.25, 0.3) is 11.0 Å². The maximum atomic E-state index is 12.7. The number of nitrogens with one attached hydrogen (secondary N) is 1. The van der Waals surface area contributed by atoms with Crippen LogP contribution in [0.15, 0.2) is 34.7 Å². The monoisotopic (exact) mass is 467 g/mol. The summed E-state index contributed by atoms with van der Waals surface area (Å²) in [6.07, 6.45) is 0.920. The number of ether oxygens (including phenoxy) is 3. The maximum absolute atomic E-state index is 12.7. The van der Waals surface area contributed by atoms with Gasteiger partial charge in [0, 0.05) is 37.1 Å². The number of furan rings is 1. The van der Waals surface area contributed by atoms with Gasteiger partial charge in [0.2, 0.25) is 0 Å². The Morgan fingerprint density at radius 2 is 1.74 bits per heavy atom. The summed E-state index contributed by atoms with van der Waals surface area (Å²) >= 11 is 0. The van der Waals surface area contributed by atoms with Crippen LogP contribution in [0.3, 0.4) is 0 Å². The molecule has 0 fully saturated rings. The molecule has 1 aliphatic heterocycles. The lowest BCUT2D eigenvalue weighted by Crippen LogP contribution is -2.45. The first kappa shape index (κ1) is 23.9. The molecule has 1 aromatic heterocycles. The second-order valence-electron chi connectivity index (χ2n) is 9.39. The molecule has 0 spiro atoms. The second-order valence-corrected chi connectivity index (χ2v) is 9.39. The van der Waals surface area contributed by atoms with Crippen molar-refractivity contribution < 1.29 is 23.4 Å². The molecule has 0 saturated heterocycles. The van der Waals surface area contributed by atoms with Crippen molar-refractivity contribution in [2.45, 2.75) is 38.9 Å². The molecule has 8 heteroatoms. The molecule has 1 amide bonds. The molecule has 3 aromatic rings. The number of carbonyl (C=O) groups excluding carboxylic acids is 1. The van der Waals surface area contributed by atoms with Gasteiger partial charge in [0.1, 0.15) is 0 Å². The van der Waals surface area contributed by atoms with Crippen LogP contribution >= 0.6 is 0 Å². The predicted molar refractivity (Wildman–Crippen MR) is 131 cm³/mol. The van der Waals surface area contributed by atoms with Gasteiger partial charge in [0.25, 0.3) is 5.91 Å². The lowest BCUT2D eigenvalue weighted by Gasteiger charge is -2.29. The lowest BCUT2D eigenvalue weighted by atomic mass is 9.98. The van der Waals surface area contributed by atoms with Crippen molar-refractivity contribution in [1.29, 1.82) is 0 Å². The highest BCUT2D eigenvalue weighted by atomic mass is 16.5. The average molecular weight is 468 g/mol. The van der Waals surface area contributed by atoms with E-state index in [0.717, 1.165) is 42.0 Å². The van der Waals surface area contributed by atoms with Gasteiger partial charge in [0.15, 0.2) is 28.6 Å². The van der Waals surface area contributed by atoms with Gasteiger partial charge in [0.05, 0.1) is 21.3 Å². The van der Waals surface area contributed by atoms with Crippen LogP contribution in [0.2, 0.25) is 0 Å². The summed E-state index contributed by atoms with van der Waals surface area (Å²) in [6, 6.07) is 9.84. The predicted octanol–water partition coefficient (Wildman–Crippen LogP) is 3.48. The topological polar surface area (TPSA) is 99.2 Å². The quantitative estimate of drug-likeness (QED) is 0.523. The van der Waals surface area contributed by atoms with Crippen molar-refractivity contribution in [2.75, 3.05) is 34.4 Å². The standard InChI is InChI=1S/C26H33N3O5/c1-26(2,27)15-28-25(30)23-12-19-17(6-7-20(31-3)24(19)34-23)13-29-9-8-16-10-21(32-4)22(33-5)11-18(16)14-29/h6-7,10-12H,8-9,13-15,27H2,1-5H3,(H,28,30). The Balaban J connectivity index is 1.59. The lowest BCUT2D eigenvalue weighted by molar-refractivity contribution is 0.0920. The normalized spacial score (nSPS) is 14.1. The Morgan fingerprint density at radius 3 is 2.38 bits per heavy atom. The molecule has 2 aromatic carbocycles. The second kappa shape index (κ2) is 9.56. The number of carbonyl (C=O) groups is 1. The van der Waals surface area contributed by atoms with Gasteiger partial charge in [-0.15, -0.1) is 0 Å². The summed E-state index contributed by atoms with van der Waals surface area (Å²) in [4.78, 5) is 15.1. The molecule has 2 heterocycles. The molecule has 4 rings (SSSR count). The molecule has 34 heavy (non-hydrogen) atoms. The van der Waals surface area contributed by atoms with Crippen LogP contribution in [-0.2, 0) is 19.5 Å². The van der Waals surface area contributed by atoms with E-state index in [9.17, 15) is 4.79 Å². The third-order valence-electron chi connectivity index (χ3n) is 6.08. The van der Waals surface area contributed by atoms with Gasteiger partial charge in [-0.05, 0) is 61.2 Å². The number of benzene rings is 2. The highest BCUT2D eigenvalue weighted by Crippen LogP contribution is 2.35. The molecule has 0 saturated carbocycles. The number of nitrogens with zero attached hydrogens (tertiary/aromatic N) is 1. The Bertz CT molecular complexity index is 1200. The number of rotatable bonds is 8. The number of hydrogen-bond donors (Lipinski definition) is 2. The van der Waals surface area contributed by atoms with Crippen molar-refractivity contribution in [3.8, 4) is 17.2 Å². The fraction of sp³-hybridized carbons (Fsp3) is 0.423. The van der Waals surface area contributed by atoms with Crippen LogP contribution < -0.4 is 25.3 Å². The van der Waals surface area contributed by atoms with E-state index in [-0.39, 0.29) is 11.7 Å². The summed E-state index contributed by atoms with van der Waals surface area (Å²) < 4.78 is 22.4. The first-order valence-electron chi connectivity index (χ1n) is 11.3. The summed E-state index contributed by atoms with van der Waals surface area (Å²) in [5.74, 6) is 2.04. The molecule has 3 N–H and O–H groups in total. The smallest absolute Gasteiger partial charge is 0.287 e. The van der Waals surface area contributed by atoms with Gasteiger partial charge in [-0.2, -0.15) is 0 Å². The van der Waals surface area contributed by atoms with Crippen LogP contribution in [0.5, 0.6) is 17.2 Å². The van der Waals surface area contributed by atoms with Crippen LogP contribution in [-0.4, -0.2) is 50.8 Å². The van der Waals surface area contributed by atoms with Gasteiger partial charge in [-0.1, -0.05) is 6.07 Å². The van der Waals surface area contributed by atoms with Gasteiger partial charge < -0.3 is 29.7 Å². The first-order valence-corrected chi connectivity index (χ1v) is 11.3. The van der Waals surface area contributed by atoms with Crippen LogP contribution in [0, 0.1) is 0 Å². The number of amides is 1. The van der Waals surface area contributed by atoms with Crippen molar-refractivity contribution >= 4 is 16.9 Å². The van der Waals surface area contributed by atoms with E-state index in [1.807, 2.05) is 26.0 Å². The fourth-order valence-electron chi connectivity index (χ4n) is 4.28. The fourth-order valence-corrected chi connectivity index (χ4v) is 4.28. The van der Waals surface area contributed by atoms with Crippen LogP contribution in [0.1, 0.15) is 41.1 Å². The largest absolute Gasteiger partial charge is 0.493 e. The highest BCUT2D eigenvalue weighted by molar-refractivity contribution is 5.98. The number of hydrogen-bond acceptors (Lipinski definition) is 7. The number of fused-ring (bicyclic) bond motifs is 2. The minimum absolute atomic E-state index is 0.242. The molecule has 182 valence electrons. The molecule has 0 unspecified atom stereocenters. The van der Waals surface area contributed by atoms with E-state index in [1.54, 1.807) is 27.4 Å². The van der Waals surface area contributed by atoms with E-state index in [4.69, 9.17) is 24.4 Å². The molecule has 0 radical (unpaired) electrons. The van der Waals surface area contributed by atoms with E-state index < -0.39 is 5.54 Å². The average Bonchev–Trinajstić information content (AvgIpc) is 3.27. The van der Waals surface area contributed by atoms with Gasteiger partial charge >= 0.3 is 0 Å². The molecular weight excluding hydrogens is 434 g/mol. The summed E-state index contributed by atoms with van der Waals surface area (Å²) in [5, 5.41) is 3.71. The van der Waals surface area contributed by atoms with E-state index >= 15 is 0 Å². The molecule has 0 aliphatic carbocycles. The third-order valence-corrected chi connectivity index (χ3v) is 6.08. The minimum Gasteiger partial charge on any atom is -0.493 e. The van der Waals surface area contributed by atoms with Crippen molar-refractivity contribution in [2.24, 2.45) is 5.73 Å². The van der Waals surface area contributed by atoms with Crippen molar-refractivity contribution in [3.05, 3.63) is 52.8 Å². The molecule has 1 aliphatic rings. The molecule has 0 atom stereocenters. The summed E-state index contributed by atoms with van der Waals surface area (Å²) in [7, 11) is 4.90. The number of methoxy groups -OCH3 is 3. The zero-order valence-electron chi connectivity index (χ0n) is 20.5. The van der Waals surface area contributed by atoms with Crippen molar-refractivity contribution in [3.63, 3.8) is 0 Å².